The number of anilines is 3. The summed E-state index contributed by atoms with van der Waals surface area (Å²) in [5, 5.41) is 14.5. The number of benzene rings is 2. The number of methoxy groups -OCH3 is 1. The van der Waals surface area contributed by atoms with Gasteiger partial charge in [-0.15, -0.1) is 0 Å². The summed E-state index contributed by atoms with van der Waals surface area (Å²) in [5.41, 5.74) is 3.07. The Morgan fingerprint density at radius 1 is 1.13 bits per heavy atom. The summed E-state index contributed by atoms with van der Waals surface area (Å²) in [6.07, 6.45) is 2.04. The number of rotatable bonds is 8. The maximum absolute atomic E-state index is 13.0. The van der Waals surface area contributed by atoms with Gasteiger partial charge in [-0.1, -0.05) is 13.0 Å². The number of aromatic nitrogens is 3. The van der Waals surface area contributed by atoms with Crippen LogP contribution in [0.15, 0.2) is 53.6 Å². The van der Waals surface area contributed by atoms with Gasteiger partial charge < -0.3 is 20.1 Å². The predicted octanol–water partition coefficient (Wildman–Crippen LogP) is 4.28. The largest absolute Gasteiger partial charge is 0.497 e. The smallest absolute Gasteiger partial charge is 0.235 e. The number of hydrogen-bond donors (Lipinski definition) is 3. The molecule has 0 radical (unpaired) electrons. The molecular formula is C27H27N5O5S. The summed E-state index contributed by atoms with van der Waals surface area (Å²) in [6.45, 7) is 3.76. The maximum atomic E-state index is 13.0. The lowest BCUT2D eigenvalue weighted by molar-refractivity contribution is -0.118. The molecule has 1 aliphatic heterocycles. The number of H-pyrrole nitrogens is 1. The lowest BCUT2D eigenvalue weighted by Crippen LogP contribution is -2.21. The van der Waals surface area contributed by atoms with E-state index in [1.165, 1.54) is 12.3 Å². The van der Waals surface area contributed by atoms with Crippen LogP contribution in [0.4, 0.5) is 17.3 Å². The van der Waals surface area contributed by atoms with Crippen molar-refractivity contribution in [3.8, 4) is 11.5 Å². The fraction of sp³-hybridized carbons (Fsp3) is 0.296. The Labute approximate surface area is 219 Å². The molecule has 38 heavy (non-hydrogen) atoms. The molecule has 10 nitrogen and oxygen atoms in total. The molecule has 1 spiro atoms. The van der Waals surface area contributed by atoms with Crippen molar-refractivity contribution in [2.75, 3.05) is 30.1 Å². The molecule has 2 atom stereocenters. The van der Waals surface area contributed by atoms with Crippen LogP contribution in [-0.4, -0.2) is 49.0 Å². The Balaban J connectivity index is 1.30. The molecule has 2 aliphatic rings. The molecule has 4 aromatic rings. The van der Waals surface area contributed by atoms with Gasteiger partial charge in [0.1, 0.15) is 5.75 Å². The molecule has 6 rings (SSSR count). The number of sulfone groups is 1. The fourth-order valence-corrected chi connectivity index (χ4v) is 6.12. The van der Waals surface area contributed by atoms with Crippen molar-refractivity contribution in [1.82, 2.24) is 15.2 Å². The van der Waals surface area contributed by atoms with Crippen LogP contribution >= 0.6 is 0 Å². The van der Waals surface area contributed by atoms with E-state index < -0.39 is 15.3 Å². The highest BCUT2D eigenvalue weighted by Gasteiger charge is 2.65. The summed E-state index contributed by atoms with van der Waals surface area (Å²) < 4.78 is 35.7. The number of aromatic amines is 1. The minimum Gasteiger partial charge on any atom is -0.497 e. The van der Waals surface area contributed by atoms with Crippen LogP contribution in [-0.2, 0) is 20.0 Å². The van der Waals surface area contributed by atoms with E-state index in [1.807, 2.05) is 43.3 Å². The molecule has 1 aliphatic carbocycles. The van der Waals surface area contributed by atoms with E-state index >= 15 is 0 Å². The second-order valence-electron chi connectivity index (χ2n) is 9.45. The van der Waals surface area contributed by atoms with Crippen LogP contribution in [0.3, 0.4) is 0 Å². The molecule has 11 heteroatoms. The average molecular weight is 534 g/mol. The third-order valence-corrected chi connectivity index (χ3v) is 9.12. The second-order valence-corrected chi connectivity index (χ2v) is 11.7. The second kappa shape index (κ2) is 8.73. The topological polar surface area (TPSA) is 135 Å². The minimum atomic E-state index is -3.42. The van der Waals surface area contributed by atoms with Crippen molar-refractivity contribution < 1.29 is 22.7 Å². The number of amides is 1. The zero-order valence-corrected chi connectivity index (χ0v) is 22.0. The third kappa shape index (κ3) is 3.68. The predicted molar refractivity (Wildman–Crippen MR) is 143 cm³/mol. The van der Waals surface area contributed by atoms with Crippen molar-refractivity contribution in [2.45, 2.75) is 36.5 Å². The van der Waals surface area contributed by atoms with Gasteiger partial charge in [-0.3, -0.25) is 9.89 Å². The molecule has 0 saturated heterocycles. The standard InChI is InChI=1S/C27H27N5O5S/c1-4-37-23-12-17(38(34,35)5-2)14-28-25(23)30-24-18-8-6-15(10-22(18)31-32-24)20-13-27(20)19-11-16(36-3)7-9-21(19)29-26(27)33/h6-12,14,20H,4-5,13H2,1-3H3,(H,29,33)(H2,28,30,31,32)/t20-,27-/m0/s1. The summed E-state index contributed by atoms with van der Waals surface area (Å²) in [6, 6.07) is 13.2. The average Bonchev–Trinajstić information content (AvgIpc) is 3.47. The van der Waals surface area contributed by atoms with Crippen molar-refractivity contribution in [3.63, 3.8) is 0 Å². The van der Waals surface area contributed by atoms with Gasteiger partial charge in [0, 0.05) is 29.3 Å². The number of fused-ring (bicyclic) bond motifs is 3. The molecule has 196 valence electrons. The molecule has 0 bridgehead atoms. The number of pyridine rings is 1. The quantitative estimate of drug-likeness (QED) is 0.305. The van der Waals surface area contributed by atoms with E-state index in [2.05, 4.69) is 25.8 Å². The lowest BCUT2D eigenvalue weighted by atomic mass is 9.91. The van der Waals surface area contributed by atoms with Gasteiger partial charge in [0.15, 0.2) is 27.2 Å². The molecule has 2 aromatic carbocycles. The van der Waals surface area contributed by atoms with Crippen LogP contribution in [0.5, 0.6) is 11.5 Å². The highest BCUT2D eigenvalue weighted by atomic mass is 32.2. The van der Waals surface area contributed by atoms with Gasteiger partial charge >= 0.3 is 0 Å². The summed E-state index contributed by atoms with van der Waals surface area (Å²) in [4.78, 5) is 17.4. The molecule has 0 unspecified atom stereocenters. The van der Waals surface area contributed by atoms with Gasteiger partial charge in [-0.25, -0.2) is 13.4 Å². The normalized spacial score (nSPS) is 19.9. The number of nitrogens with one attached hydrogen (secondary N) is 3. The number of carbonyl (C=O) groups excluding carboxylic acids is 1. The highest BCUT2D eigenvalue weighted by Crippen LogP contribution is 2.65. The van der Waals surface area contributed by atoms with Crippen LogP contribution in [0.1, 0.15) is 37.3 Å². The fourth-order valence-electron chi connectivity index (χ4n) is 5.28. The van der Waals surface area contributed by atoms with E-state index in [4.69, 9.17) is 9.47 Å². The molecular weight excluding hydrogens is 506 g/mol. The van der Waals surface area contributed by atoms with Gasteiger partial charge in [0.2, 0.25) is 5.91 Å². The minimum absolute atomic E-state index is 0.0147. The first-order valence-corrected chi connectivity index (χ1v) is 14.1. The van der Waals surface area contributed by atoms with Crippen LogP contribution < -0.4 is 20.1 Å². The highest BCUT2D eigenvalue weighted by molar-refractivity contribution is 7.91. The number of nitrogens with zero attached hydrogens (tertiary/aromatic N) is 2. The summed E-state index contributed by atoms with van der Waals surface area (Å²) in [5.74, 6) is 1.99. The summed E-state index contributed by atoms with van der Waals surface area (Å²) >= 11 is 0. The first kappa shape index (κ1) is 24.2. The van der Waals surface area contributed by atoms with Gasteiger partial charge in [0.25, 0.3) is 0 Å². The zero-order chi connectivity index (χ0) is 26.7. The Hall–Kier alpha value is -4.12. The van der Waals surface area contributed by atoms with Crippen LogP contribution in [0, 0.1) is 0 Å². The molecule has 1 fully saturated rings. The number of hydrogen-bond acceptors (Lipinski definition) is 8. The van der Waals surface area contributed by atoms with E-state index in [1.54, 1.807) is 14.0 Å². The van der Waals surface area contributed by atoms with Crippen molar-refractivity contribution in [2.24, 2.45) is 0 Å². The first-order chi connectivity index (χ1) is 18.3. The Morgan fingerprint density at radius 3 is 2.74 bits per heavy atom. The third-order valence-electron chi connectivity index (χ3n) is 7.41. The van der Waals surface area contributed by atoms with Crippen molar-refractivity contribution in [1.29, 1.82) is 0 Å². The number of carbonyl (C=O) groups is 1. The van der Waals surface area contributed by atoms with Gasteiger partial charge in [-0.2, -0.15) is 5.10 Å². The Bertz CT molecular complexity index is 1700. The van der Waals surface area contributed by atoms with Crippen LogP contribution in [0.2, 0.25) is 0 Å². The summed E-state index contributed by atoms with van der Waals surface area (Å²) in [7, 11) is -1.80. The Kier molecular flexibility index (Phi) is 5.56. The lowest BCUT2D eigenvalue weighted by Gasteiger charge is -2.12. The first-order valence-electron chi connectivity index (χ1n) is 12.4. The SMILES string of the molecule is CCOc1cc(S(=O)(=O)CC)cnc1Nc1n[nH]c2cc([C@@H]3C[C@@]34C(=O)Nc3ccc(OC)cc34)ccc12. The number of ether oxygens (including phenoxy) is 2. The van der Waals surface area contributed by atoms with E-state index in [0.29, 0.717) is 24.0 Å². The molecule has 1 amide bonds. The van der Waals surface area contributed by atoms with E-state index in [9.17, 15) is 13.2 Å². The van der Waals surface area contributed by atoms with Crippen molar-refractivity contribution in [3.05, 3.63) is 59.8 Å². The van der Waals surface area contributed by atoms with E-state index in [-0.39, 0.29) is 22.5 Å². The van der Waals surface area contributed by atoms with Gasteiger partial charge in [-0.05, 0) is 54.8 Å². The Morgan fingerprint density at radius 2 is 1.97 bits per heavy atom. The van der Waals surface area contributed by atoms with Gasteiger partial charge in [0.05, 0.1) is 35.3 Å². The van der Waals surface area contributed by atoms with Crippen LogP contribution in [0.25, 0.3) is 10.9 Å². The zero-order valence-electron chi connectivity index (χ0n) is 21.2. The molecule has 3 N–H and O–H groups in total. The molecule has 3 heterocycles. The molecule has 1 saturated carbocycles. The molecule has 2 aromatic heterocycles. The maximum Gasteiger partial charge on any atom is 0.235 e. The van der Waals surface area contributed by atoms with Crippen molar-refractivity contribution >= 4 is 44.0 Å². The monoisotopic (exact) mass is 533 g/mol. The van der Waals surface area contributed by atoms with E-state index in [0.717, 1.165) is 39.9 Å².